The number of carbonyl (C=O) groups is 1. The third-order valence-electron chi connectivity index (χ3n) is 6.27. The first-order valence-electron chi connectivity index (χ1n) is 10.7. The van der Waals surface area contributed by atoms with Gasteiger partial charge in [0.05, 0.1) is 5.75 Å². The minimum absolute atomic E-state index is 0.00642. The fourth-order valence-corrected chi connectivity index (χ4v) is 5.72. The molecule has 31 heavy (non-hydrogen) atoms. The molecule has 2 heterocycles. The maximum absolute atomic E-state index is 13.0. The summed E-state index contributed by atoms with van der Waals surface area (Å²) in [6.45, 7) is 5.68. The molecule has 0 aliphatic carbocycles. The highest BCUT2D eigenvalue weighted by atomic mass is 32.2. The van der Waals surface area contributed by atoms with Gasteiger partial charge in [-0.25, -0.2) is 19.3 Å². The summed E-state index contributed by atoms with van der Waals surface area (Å²) in [6.07, 6.45) is 0.674. The molecule has 2 unspecified atom stereocenters. The Bertz CT molecular complexity index is 1030. The minimum Gasteiger partial charge on any atom is -0.339 e. The molecule has 0 spiro atoms. The van der Waals surface area contributed by atoms with Gasteiger partial charge in [0.1, 0.15) is 6.04 Å². The first kappa shape index (κ1) is 22.0. The number of hydrogen-bond donors (Lipinski definition) is 2. The zero-order valence-electron chi connectivity index (χ0n) is 18.0. The third-order valence-corrected chi connectivity index (χ3v) is 8.12. The zero-order valence-corrected chi connectivity index (χ0v) is 18.9. The molecule has 0 radical (unpaired) electrons. The lowest BCUT2D eigenvalue weighted by molar-refractivity contribution is -0.134. The van der Waals surface area contributed by atoms with Crippen molar-refractivity contribution in [3.05, 3.63) is 70.8 Å². The van der Waals surface area contributed by atoms with Crippen molar-refractivity contribution in [3.63, 3.8) is 0 Å². The molecular weight excluding hydrogens is 412 g/mol. The maximum atomic E-state index is 13.0. The van der Waals surface area contributed by atoms with Gasteiger partial charge in [0.2, 0.25) is 15.9 Å². The van der Waals surface area contributed by atoms with Crippen LogP contribution in [0.2, 0.25) is 0 Å². The fraction of sp³-hybridized carbons (Fsp3) is 0.435. The van der Waals surface area contributed by atoms with Crippen LogP contribution in [0.4, 0.5) is 0 Å². The van der Waals surface area contributed by atoms with Crippen LogP contribution in [0.15, 0.2) is 48.5 Å². The summed E-state index contributed by atoms with van der Waals surface area (Å²) in [5.41, 5.74) is 10.8. The standard InChI is InChI=1S/C23H30N4O3S/c1-17-8-9-20(14-18(17)2)21-15-22(25-24-21)23(28)26-10-12-27(13-11-26)31(29,30)16-19-6-4-3-5-7-19/h3-9,14,21-22,24-25H,10-13,15-16H2,1-2H3. The molecule has 2 fully saturated rings. The normalized spacial score (nSPS) is 22.6. The molecule has 7 nitrogen and oxygen atoms in total. The van der Waals surface area contributed by atoms with E-state index in [0.717, 1.165) is 5.56 Å². The minimum atomic E-state index is -3.39. The molecule has 2 aliphatic rings. The van der Waals surface area contributed by atoms with Crippen LogP contribution >= 0.6 is 0 Å². The van der Waals surface area contributed by atoms with E-state index in [1.165, 1.54) is 21.0 Å². The highest BCUT2D eigenvalue weighted by molar-refractivity contribution is 7.88. The second-order valence-corrected chi connectivity index (χ2v) is 10.4. The smallest absolute Gasteiger partial charge is 0.241 e. The second kappa shape index (κ2) is 9.08. The van der Waals surface area contributed by atoms with Gasteiger partial charge in [-0.2, -0.15) is 4.31 Å². The molecule has 0 bridgehead atoms. The molecule has 0 saturated carbocycles. The predicted molar refractivity (Wildman–Crippen MR) is 121 cm³/mol. The summed E-state index contributed by atoms with van der Waals surface area (Å²) >= 11 is 0. The molecule has 1 amide bonds. The number of sulfonamides is 1. The summed E-state index contributed by atoms with van der Waals surface area (Å²) < 4.78 is 27.0. The van der Waals surface area contributed by atoms with Gasteiger partial charge in [-0.1, -0.05) is 48.5 Å². The van der Waals surface area contributed by atoms with Gasteiger partial charge in [0.25, 0.3) is 0 Å². The number of rotatable bonds is 5. The van der Waals surface area contributed by atoms with E-state index in [0.29, 0.717) is 32.6 Å². The SMILES string of the molecule is Cc1ccc(C2CC(C(=O)N3CCN(S(=O)(=O)Cc4ccccc4)CC3)NN2)cc1C. The lowest BCUT2D eigenvalue weighted by Crippen LogP contribution is -2.54. The fourth-order valence-electron chi connectivity index (χ4n) is 4.20. The first-order valence-corrected chi connectivity index (χ1v) is 12.3. The number of hydrogen-bond acceptors (Lipinski definition) is 5. The average Bonchev–Trinajstić information content (AvgIpc) is 3.26. The summed E-state index contributed by atoms with van der Waals surface area (Å²) in [5, 5.41) is 0. The van der Waals surface area contributed by atoms with Crippen molar-refractivity contribution >= 4 is 15.9 Å². The molecule has 2 aromatic carbocycles. The molecule has 2 aromatic rings. The summed E-state index contributed by atoms with van der Waals surface area (Å²) in [5.74, 6) is 0.0204. The number of aryl methyl sites for hydroxylation is 2. The van der Waals surface area contributed by atoms with E-state index in [-0.39, 0.29) is 23.7 Å². The predicted octanol–water partition coefficient (Wildman–Crippen LogP) is 1.89. The van der Waals surface area contributed by atoms with Gasteiger partial charge in [-0.05, 0) is 42.5 Å². The van der Waals surface area contributed by atoms with Crippen LogP contribution in [0.5, 0.6) is 0 Å². The summed E-state index contributed by atoms with van der Waals surface area (Å²) in [7, 11) is -3.39. The Hall–Kier alpha value is -2.26. The van der Waals surface area contributed by atoms with E-state index in [9.17, 15) is 13.2 Å². The number of carbonyl (C=O) groups excluding carboxylic acids is 1. The van der Waals surface area contributed by atoms with Crippen molar-refractivity contribution < 1.29 is 13.2 Å². The Morgan fingerprint density at radius 2 is 1.68 bits per heavy atom. The van der Waals surface area contributed by atoms with Gasteiger partial charge < -0.3 is 4.90 Å². The van der Waals surface area contributed by atoms with E-state index in [1.807, 2.05) is 30.3 Å². The number of nitrogens with one attached hydrogen (secondary N) is 2. The number of benzene rings is 2. The van der Waals surface area contributed by atoms with Gasteiger partial charge >= 0.3 is 0 Å². The highest BCUT2D eigenvalue weighted by Gasteiger charge is 2.35. The Morgan fingerprint density at radius 1 is 0.968 bits per heavy atom. The molecule has 8 heteroatoms. The van der Waals surface area contributed by atoms with Crippen molar-refractivity contribution in [3.8, 4) is 0 Å². The largest absolute Gasteiger partial charge is 0.339 e. The van der Waals surface area contributed by atoms with Crippen LogP contribution in [0.25, 0.3) is 0 Å². The molecular formula is C23H30N4O3S. The van der Waals surface area contributed by atoms with Crippen LogP contribution < -0.4 is 10.9 Å². The monoisotopic (exact) mass is 442 g/mol. The Labute approximate surface area is 184 Å². The second-order valence-electron chi connectivity index (χ2n) is 8.44. The highest BCUT2D eigenvalue weighted by Crippen LogP contribution is 2.25. The lowest BCUT2D eigenvalue weighted by Gasteiger charge is -2.35. The van der Waals surface area contributed by atoms with Crippen molar-refractivity contribution in [2.45, 2.75) is 38.1 Å². The Kier molecular flexibility index (Phi) is 6.43. The van der Waals surface area contributed by atoms with Crippen LogP contribution in [0, 0.1) is 13.8 Å². The zero-order chi connectivity index (χ0) is 22.0. The van der Waals surface area contributed by atoms with Gasteiger partial charge in [0, 0.05) is 32.2 Å². The molecule has 166 valence electrons. The summed E-state index contributed by atoms with van der Waals surface area (Å²) in [6, 6.07) is 15.4. The molecule has 2 aliphatic heterocycles. The average molecular weight is 443 g/mol. The molecule has 2 N–H and O–H groups in total. The first-order chi connectivity index (χ1) is 14.8. The molecule has 4 rings (SSSR count). The van der Waals surface area contributed by atoms with E-state index in [2.05, 4.69) is 42.9 Å². The van der Waals surface area contributed by atoms with Gasteiger partial charge in [-0.3, -0.25) is 4.79 Å². The van der Waals surface area contributed by atoms with Gasteiger partial charge in [-0.15, -0.1) is 0 Å². The molecule has 0 aromatic heterocycles. The van der Waals surface area contributed by atoms with Crippen molar-refractivity contribution in [2.24, 2.45) is 0 Å². The third kappa shape index (κ3) is 4.98. The number of nitrogens with zero attached hydrogens (tertiary/aromatic N) is 2. The topological polar surface area (TPSA) is 81.8 Å². The molecule has 2 atom stereocenters. The van der Waals surface area contributed by atoms with Crippen LogP contribution in [0.3, 0.4) is 0 Å². The molecule has 2 saturated heterocycles. The quantitative estimate of drug-likeness (QED) is 0.739. The van der Waals surface area contributed by atoms with Crippen molar-refractivity contribution in [1.82, 2.24) is 20.1 Å². The maximum Gasteiger partial charge on any atom is 0.241 e. The number of amides is 1. The lowest BCUT2D eigenvalue weighted by atomic mass is 9.98. The van der Waals surface area contributed by atoms with Crippen LogP contribution in [-0.4, -0.2) is 55.8 Å². The summed E-state index contributed by atoms with van der Waals surface area (Å²) in [4.78, 5) is 14.8. The van der Waals surface area contributed by atoms with E-state index >= 15 is 0 Å². The van der Waals surface area contributed by atoms with E-state index in [1.54, 1.807) is 4.90 Å². The van der Waals surface area contributed by atoms with Crippen molar-refractivity contribution in [2.75, 3.05) is 26.2 Å². The Balaban J connectivity index is 1.32. The van der Waals surface area contributed by atoms with E-state index in [4.69, 9.17) is 0 Å². The van der Waals surface area contributed by atoms with Crippen LogP contribution in [-0.2, 0) is 20.6 Å². The number of piperazine rings is 1. The van der Waals surface area contributed by atoms with Crippen LogP contribution in [0.1, 0.15) is 34.7 Å². The van der Waals surface area contributed by atoms with E-state index < -0.39 is 10.0 Å². The Morgan fingerprint density at radius 3 is 2.35 bits per heavy atom. The van der Waals surface area contributed by atoms with Gasteiger partial charge in [0.15, 0.2) is 0 Å². The van der Waals surface area contributed by atoms with Crippen molar-refractivity contribution in [1.29, 1.82) is 0 Å². The number of hydrazine groups is 1.